The van der Waals surface area contributed by atoms with Gasteiger partial charge in [-0.15, -0.1) is 0 Å². The van der Waals surface area contributed by atoms with Gasteiger partial charge in [-0.2, -0.15) is 0 Å². The summed E-state index contributed by atoms with van der Waals surface area (Å²) in [5, 5.41) is 10.7. The minimum Gasteiger partial charge on any atom is -0.263 e. The Kier molecular flexibility index (Phi) is 6.16. The molecular formula is C16H16BrFN2O6S2. The van der Waals surface area contributed by atoms with Gasteiger partial charge < -0.3 is 0 Å². The molecule has 2 aromatic rings. The SMILES string of the molecule is Cc1cc(N(c2ccc(Br)cc2F)S(C)(=O)=O)cc(C)c1S(=O)(=O)C[N+](=O)[O-]. The molecule has 12 heteroatoms. The number of nitro groups is 1. The molecular weight excluding hydrogens is 479 g/mol. The van der Waals surface area contributed by atoms with E-state index >= 15 is 0 Å². The van der Waals surface area contributed by atoms with Crippen molar-refractivity contribution in [3.05, 3.63) is 61.9 Å². The minimum atomic E-state index is -4.22. The van der Waals surface area contributed by atoms with E-state index in [1.807, 2.05) is 0 Å². The fourth-order valence-electron chi connectivity index (χ4n) is 2.89. The normalized spacial score (nSPS) is 12.0. The Morgan fingerprint density at radius 1 is 1.11 bits per heavy atom. The first-order valence-corrected chi connectivity index (χ1v) is 11.9. The van der Waals surface area contributed by atoms with Gasteiger partial charge >= 0.3 is 5.88 Å². The Bertz CT molecular complexity index is 1140. The summed E-state index contributed by atoms with van der Waals surface area (Å²) >= 11 is 3.10. The minimum absolute atomic E-state index is 0.0128. The van der Waals surface area contributed by atoms with Crippen molar-refractivity contribution >= 4 is 47.2 Å². The molecule has 28 heavy (non-hydrogen) atoms. The summed E-state index contributed by atoms with van der Waals surface area (Å²) in [4.78, 5) is 9.45. The van der Waals surface area contributed by atoms with E-state index in [1.165, 1.54) is 38.1 Å². The monoisotopic (exact) mass is 494 g/mol. The summed E-state index contributed by atoms with van der Waals surface area (Å²) in [5.41, 5.74) is -0.00443. The summed E-state index contributed by atoms with van der Waals surface area (Å²) in [5.74, 6) is -2.09. The summed E-state index contributed by atoms with van der Waals surface area (Å²) in [7, 11) is -8.21. The average Bonchev–Trinajstić information content (AvgIpc) is 2.46. The highest BCUT2D eigenvalue weighted by Gasteiger charge is 2.29. The van der Waals surface area contributed by atoms with E-state index in [2.05, 4.69) is 15.9 Å². The third kappa shape index (κ3) is 4.67. The van der Waals surface area contributed by atoms with Crippen LogP contribution in [0, 0.1) is 29.8 Å². The molecule has 0 saturated heterocycles. The molecule has 0 aliphatic heterocycles. The lowest BCUT2D eigenvalue weighted by molar-refractivity contribution is -0.458. The number of nitrogens with zero attached hydrogens (tertiary/aromatic N) is 2. The van der Waals surface area contributed by atoms with Crippen molar-refractivity contribution in [2.45, 2.75) is 18.7 Å². The summed E-state index contributed by atoms with van der Waals surface area (Å²) in [6, 6.07) is 6.31. The van der Waals surface area contributed by atoms with Crippen LogP contribution in [0.15, 0.2) is 39.7 Å². The van der Waals surface area contributed by atoms with Crippen LogP contribution < -0.4 is 4.31 Å². The third-order valence-electron chi connectivity index (χ3n) is 3.73. The quantitative estimate of drug-likeness (QED) is 0.449. The second-order valence-corrected chi connectivity index (χ2v) is 10.8. The number of benzene rings is 2. The molecule has 0 aromatic heterocycles. The molecule has 0 aliphatic rings. The molecule has 0 saturated carbocycles. The molecule has 0 atom stereocenters. The fraction of sp³-hybridized carbons (Fsp3) is 0.250. The lowest BCUT2D eigenvalue weighted by atomic mass is 10.1. The van der Waals surface area contributed by atoms with Crippen LogP contribution in [-0.2, 0) is 19.9 Å². The van der Waals surface area contributed by atoms with Crippen LogP contribution in [0.5, 0.6) is 0 Å². The second-order valence-electron chi connectivity index (χ2n) is 6.11. The van der Waals surface area contributed by atoms with E-state index in [1.54, 1.807) is 0 Å². The van der Waals surface area contributed by atoms with Crippen molar-refractivity contribution < 1.29 is 26.1 Å². The highest BCUT2D eigenvalue weighted by atomic mass is 79.9. The summed E-state index contributed by atoms with van der Waals surface area (Å²) in [6.07, 6.45) is 0.885. The maximum atomic E-state index is 14.4. The smallest absolute Gasteiger partial charge is 0.263 e. The Labute approximate surface area is 170 Å². The second kappa shape index (κ2) is 7.76. The van der Waals surface area contributed by atoms with Crippen LogP contribution in [0.25, 0.3) is 0 Å². The Morgan fingerprint density at radius 3 is 2.07 bits per heavy atom. The van der Waals surface area contributed by atoms with Crippen molar-refractivity contribution in [3.8, 4) is 0 Å². The molecule has 0 fully saturated rings. The largest absolute Gasteiger partial charge is 0.305 e. The number of rotatable bonds is 6. The first-order valence-electron chi connectivity index (χ1n) is 7.65. The Hall–Kier alpha value is -2.05. The lowest BCUT2D eigenvalue weighted by Crippen LogP contribution is -2.26. The van der Waals surface area contributed by atoms with Gasteiger partial charge in [-0.3, -0.25) is 10.1 Å². The molecule has 0 amide bonds. The van der Waals surface area contributed by atoms with Crippen LogP contribution in [0.2, 0.25) is 0 Å². The zero-order valence-corrected chi connectivity index (χ0v) is 18.2. The van der Waals surface area contributed by atoms with E-state index < -0.39 is 36.5 Å². The van der Waals surface area contributed by atoms with Gasteiger partial charge in [0, 0.05) is 9.40 Å². The van der Waals surface area contributed by atoms with Crippen LogP contribution in [0.3, 0.4) is 0 Å². The van der Waals surface area contributed by atoms with E-state index in [9.17, 15) is 31.3 Å². The highest BCUT2D eigenvalue weighted by molar-refractivity contribution is 9.10. The zero-order valence-electron chi connectivity index (χ0n) is 15.0. The Morgan fingerprint density at radius 2 is 1.64 bits per heavy atom. The molecule has 0 heterocycles. The molecule has 2 aromatic carbocycles. The molecule has 2 rings (SSSR count). The number of hydrogen-bond acceptors (Lipinski definition) is 6. The first-order chi connectivity index (χ1) is 12.7. The fourth-order valence-corrected chi connectivity index (χ4v) is 5.73. The van der Waals surface area contributed by atoms with Crippen LogP contribution in [0.4, 0.5) is 15.8 Å². The summed E-state index contributed by atoms with van der Waals surface area (Å²) in [6.45, 7) is 2.78. The van der Waals surface area contributed by atoms with Crippen LogP contribution >= 0.6 is 15.9 Å². The van der Waals surface area contributed by atoms with Crippen molar-refractivity contribution in [2.24, 2.45) is 0 Å². The molecule has 0 unspecified atom stereocenters. The number of aryl methyl sites for hydroxylation is 2. The van der Waals surface area contributed by atoms with Crippen LogP contribution in [0.1, 0.15) is 11.1 Å². The van der Waals surface area contributed by atoms with Gasteiger partial charge in [0.05, 0.1) is 22.5 Å². The van der Waals surface area contributed by atoms with Crippen LogP contribution in [-0.4, -0.2) is 33.9 Å². The van der Waals surface area contributed by atoms with Gasteiger partial charge in [0.2, 0.25) is 19.9 Å². The molecule has 0 aliphatic carbocycles. The molecule has 0 spiro atoms. The van der Waals surface area contributed by atoms with Crippen molar-refractivity contribution in [1.82, 2.24) is 0 Å². The van der Waals surface area contributed by atoms with E-state index in [0.29, 0.717) is 4.47 Å². The number of sulfonamides is 1. The average molecular weight is 495 g/mol. The molecule has 0 bridgehead atoms. The maximum Gasteiger partial charge on any atom is 0.305 e. The third-order valence-corrected chi connectivity index (χ3v) is 7.11. The number of halogens is 2. The van der Waals surface area contributed by atoms with Gasteiger partial charge in [0.25, 0.3) is 0 Å². The van der Waals surface area contributed by atoms with Gasteiger partial charge in [0.1, 0.15) is 5.82 Å². The van der Waals surface area contributed by atoms with Gasteiger partial charge in [-0.25, -0.2) is 25.5 Å². The molecule has 0 N–H and O–H groups in total. The molecule has 152 valence electrons. The Balaban J connectivity index is 2.73. The molecule has 8 nitrogen and oxygen atoms in total. The predicted octanol–water partition coefficient (Wildman–Crippen LogP) is 3.31. The number of sulfone groups is 1. The highest BCUT2D eigenvalue weighted by Crippen LogP contribution is 2.35. The van der Waals surface area contributed by atoms with Gasteiger partial charge in [0.15, 0.2) is 0 Å². The van der Waals surface area contributed by atoms with Crippen molar-refractivity contribution in [1.29, 1.82) is 0 Å². The first kappa shape index (κ1) is 22.2. The lowest BCUT2D eigenvalue weighted by Gasteiger charge is -2.24. The number of hydrogen-bond donors (Lipinski definition) is 0. The van der Waals surface area contributed by atoms with E-state index in [-0.39, 0.29) is 27.4 Å². The van der Waals surface area contributed by atoms with Crippen molar-refractivity contribution in [3.63, 3.8) is 0 Å². The van der Waals surface area contributed by atoms with Gasteiger partial charge in [-0.1, -0.05) is 15.9 Å². The number of anilines is 2. The summed E-state index contributed by atoms with van der Waals surface area (Å²) < 4.78 is 64.9. The topological polar surface area (TPSA) is 115 Å². The predicted molar refractivity (Wildman–Crippen MR) is 106 cm³/mol. The van der Waals surface area contributed by atoms with E-state index in [0.717, 1.165) is 16.6 Å². The van der Waals surface area contributed by atoms with E-state index in [4.69, 9.17) is 0 Å². The standard InChI is InChI=1S/C16H16BrFN2O6S2/c1-10-6-13(7-11(2)16(10)28(25,26)9-19(21)22)20(27(3,23)24)15-5-4-12(17)8-14(15)18/h4-8H,9H2,1-3H3. The molecule has 0 radical (unpaired) electrons. The van der Waals surface area contributed by atoms with Crippen molar-refractivity contribution in [2.75, 3.05) is 16.4 Å². The van der Waals surface area contributed by atoms with Gasteiger partial charge in [-0.05, 0) is 55.3 Å². The zero-order chi connectivity index (χ0) is 21.4. The maximum absolute atomic E-state index is 14.4.